The van der Waals surface area contributed by atoms with Gasteiger partial charge in [0, 0.05) is 17.0 Å². The van der Waals surface area contributed by atoms with Crippen LogP contribution in [0.4, 0.5) is 5.13 Å². The number of ether oxygens (including phenoxy) is 2. The molecule has 118 valence electrons. The number of benzene rings is 1. The molecule has 0 spiro atoms. The van der Waals surface area contributed by atoms with Crippen LogP contribution in [0, 0.1) is 0 Å². The molecule has 23 heavy (non-hydrogen) atoms. The molecule has 0 saturated heterocycles. The van der Waals surface area contributed by atoms with Crippen molar-refractivity contribution < 1.29 is 14.3 Å². The molecule has 1 aliphatic rings. The van der Waals surface area contributed by atoms with Crippen LogP contribution < -0.4 is 14.8 Å². The minimum atomic E-state index is -0.203. The average Bonchev–Trinajstić information content (AvgIpc) is 3.03. The molecule has 6 heteroatoms. The number of allylic oxidation sites excluding steroid dienone is 3. The number of amides is 1. The van der Waals surface area contributed by atoms with Crippen LogP contribution >= 0.6 is 11.3 Å². The highest BCUT2D eigenvalue weighted by molar-refractivity contribution is 7.14. The first-order chi connectivity index (χ1) is 11.3. The Morgan fingerprint density at radius 2 is 2.09 bits per heavy atom. The second-order valence-corrected chi connectivity index (χ2v) is 5.63. The highest BCUT2D eigenvalue weighted by Crippen LogP contribution is 2.35. The Labute approximate surface area is 138 Å². The molecule has 1 aliphatic heterocycles. The molecular weight excluding hydrogens is 312 g/mol. The van der Waals surface area contributed by atoms with E-state index >= 15 is 0 Å². The highest BCUT2D eigenvalue weighted by atomic mass is 32.1. The number of nitrogens with one attached hydrogen (secondary N) is 1. The van der Waals surface area contributed by atoms with E-state index in [1.807, 2.05) is 36.6 Å². The SMILES string of the molecule is C/C=C/C=C/C(=O)Nc1nc(-c2ccc3c(c2)OCCO3)cs1. The molecule has 1 aromatic carbocycles. The molecule has 0 bridgehead atoms. The van der Waals surface area contributed by atoms with E-state index in [0.29, 0.717) is 18.3 Å². The smallest absolute Gasteiger partial charge is 0.250 e. The fourth-order valence-corrected chi connectivity index (χ4v) is 2.79. The third-order valence-corrected chi connectivity index (χ3v) is 3.88. The van der Waals surface area contributed by atoms with Gasteiger partial charge in [0.1, 0.15) is 13.2 Å². The quantitative estimate of drug-likeness (QED) is 0.687. The molecule has 0 fully saturated rings. The number of thiazole rings is 1. The largest absolute Gasteiger partial charge is 0.486 e. The van der Waals surface area contributed by atoms with Gasteiger partial charge in [-0.15, -0.1) is 11.3 Å². The standard InChI is InChI=1S/C17H16N2O3S/c1-2-3-4-5-16(20)19-17-18-13(11-23-17)12-6-7-14-15(10-12)22-9-8-21-14/h2-7,10-11H,8-9H2,1H3,(H,18,19,20)/b3-2+,5-4+. The van der Waals surface area contributed by atoms with Crippen molar-refractivity contribution in [3.8, 4) is 22.8 Å². The Morgan fingerprint density at radius 1 is 1.26 bits per heavy atom. The van der Waals surface area contributed by atoms with Gasteiger partial charge in [-0.25, -0.2) is 4.98 Å². The molecule has 2 aromatic rings. The fraction of sp³-hybridized carbons (Fsp3) is 0.176. The Hall–Kier alpha value is -2.60. The lowest BCUT2D eigenvalue weighted by molar-refractivity contribution is -0.111. The van der Waals surface area contributed by atoms with Gasteiger partial charge in [-0.05, 0) is 25.1 Å². The molecule has 1 N–H and O–H groups in total. The average molecular weight is 328 g/mol. The number of carbonyl (C=O) groups excluding carboxylic acids is 1. The van der Waals surface area contributed by atoms with Gasteiger partial charge in [-0.3, -0.25) is 10.1 Å². The summed E-state index contributed by atoms with van der Waals surface area (Å²) in [5.74, 6) is 1.27. The summed E-state index contributed by atoms with van der Waals surface area (Å²) < 4.78 is 11.1. The zero-order valence-electron chi connectivity index (χ0n) is 12.6. The van der Waals surface area contributed by atoms with Crippen molar-refractivity contribution in [1.82, 2.24) is 4.98 Å². The van der Waals surface area contributed by atoms with Gasteiger partial charge in [0.15, 0.2) is 16.6 Å². The van der Waals surface area contributed by atoms with Gasteiger partial charge < -0.3 is 9.47 Å². The van der Waals surface area contributed by atoms with Crippen molar-refractivity contribution in [2.24, 2.45) is 0 Å². The van der Waals surface area contributed by atoms with Crippen LogP contribution in [-0.4, -0.2) is 24.1 Å². The van der Waals surface area contributed by atoms with Crippen molar-refractivity contribution in [3.63, 3.8) is 0 Å². The van der Waals surface area contributed by atoms with E-state index in [-0.39, 0.29) is 5.91 Å². The number of nitrogens with zero attached hydrogens (tertiary/aromatic N) is 1. The Morgan fingerprint density at radius 3 is 2.91 bits per heavy atom. The first-order valence-electron chi connectivity index (χ1n) is 7.22. The first kappa shape index (κ1) is 15.3. The van der Waals surface area contributed by atoms with E-state index in [0.717, 1.165) is 22.8 Å². The number of hydrogen-bond acceptors (Lipinski definition) is 5. The first-order valence-corrected chi connectivity index (χ1v) is 8.10. The molecule has 0 atom stereocenters. The van der Waals surface area contributed by atoms with Gasteiger partial charge in [0.25, 0.3) is 0 Å². The zero-order valence-corrected chi connectivity index (χ0v) is 13.4. The fourth-order valence-electron chi connectivity index (χ4n) is 2.07. The highest BCUT2D eigenvalue weighted by Gasteiger charge is 2.14. The molecule has 1 aromatic heterocycles. The van der Waals surface area contributed by atoms with E-state index in [4.69, 9.17) is 9.47 Å². The second-order valence-electron chi connectivity index (χ2n) is 4.77. The molecule has 1 amide bonds. The van der Waals surface area contributed by atoms with Crippen LogP contribution in [0.5, 0.6) is 11.5 Å². The zero-order chi connectivity index (χ0) is 16.1. The lowest BCUT2D eigenvalue weighted by Crippen LogP contribution is -2.15. The summed E-state index contributed by atoms with van der Waals surface area (Å²) in [6.45, 7) is 3.01. The van der Waals surface area contributed by atoms with E-state index < -0.39 is 0 Å². The molecular formula is C17H16N2O3S. The third kappa shape index (κ3) is 3.78. The number of aromatic nitrogens is 1. The molecule has 3 rings (SSSR count). The van der Waals surface area contributed by atoms with Gasteiger partial charge in [-0.2, -0.15) is 0 Å². The van der Waals surface area contributed by atoms with E-state index in [9.17, 15) is 4.79 Å². The van der Waals surface area contributed by atoms with Crippen LogP contribution in [0.25, 0.3) is 11.3 Å². The molecule has 0 unspecified atom stereocenters. The van der Waals surface area contributed by atoms with E-state index in [1.165, 1.54) is 17.4 Å². The van der Waals surface area contributed by atoms with E-state index in [1.54, 1.807) is 12.2 Å². The van der Waals surface area contributed by atoms with Crippen LogP contribution in [0.1, 0.15) is 6.92 Å². The van der Waals surface area contributed by atoms with Gasteiger partial charge in [0.05, 0.1) is 5.69 Å². The normalized spacial score (nSPS) is 13.6. The van der Waals surface area contributed by atoms with Gasteiger partial charge in [0.2, 0.25) is 5.91 Å². The molecule has 5 nitrogen and oxygen atoms in total. The van der Waals surface area contributed by atoms with Gasteiger partial charge >= 0.3 is 0 Å². The molecule has 2 heterocycles. The summed E-state index contributed by atoms with van der Waals surface area (Å²) in [4.78, 5) is 16.2. The van der Waals surface area contributed by atoms with Crippen molar-refractivity contribution in [2.75, 3.05) is 18.5 Å². The van der Waals surface area contributed by atoms with Crippen molar-refractivity contribution in [1.29, 1.82) is 0 Å². The summed E-state index contributed by atoms with van der Waals surface area (Å²) in [5, 5.41) is 5.20. The molecule has 0 saturated carbocycles. The van der Waals surface area contributed by atoms with Crippen molar-refractivity contribution >= 4 is 22.4 Å². The number of hydrogen-bond donors (Lipinski definition) is 1. The predicted molar refractivity (Wildman–Crippen MR) is 91.1 cm³/mol. The van der Waals surface area contributed by atoms with Crippen molar-refractivity contribution in [3.05, 3.63) is 47.9 Å². The van der Waals surface area contributed by atoms with Crippen LogP contribution in [-0.2, 0) is 4.79 Å². The van der Waals surface area contributed by atoms with Gasteiger partial charge in [-0.1, -0.05) is 18.2 Å². The monoisotopic (exact) mass is 328 g/mol. The number of fused-ring (bicyclic) bond motifs is 1. The second kappa shape index (κ2) is 7.11. The lowest BCUT2D eigenvalue weighted by Gasteiger charge is -2.18. The van der Waals surface area contributed by atoms with Crippen LogP contribution in [0.2, 0.25) is 0 Å². The maximum atomic E-state index is 11.7. The maximum absolute atomic E-state index is 11.7. The molecule has 0 radical (unpaired) electrons. The maximum Gasteiger partial charge on any atom is 0.250 e. The van der Waals surface area contributed by atoms with Crippen molar-refractivity contribution in [2.45, 2.75) is 6.92 Å². The summed E-state index contributed by atoms with van der Waals surface area (Å²) in [6, 6.07) is 5.71. The van der Waals surface area contributed by atoms with Crippen LogP contribution in [0.15, 0.2) is 47.9 Å². The van der Waals surface area contributed by atoms with Crippen LogP contribution in [0.3, 0.4) is 0 Å². The minimum Gasteiger partial charge on any atom is -0.486 e. The third-order valence-electron chi connectivity index (χ3n) is 3.12. The Balaban J connectivity index is 1.73. The predicted octanol–water partition coefficient (Wildman–Crippen LogP) is 3.65. The summed E-state index contributed by atoms with van der Waals surface area (Å²) in [6.07, 6.45) is 6.80. The summed E-state index contributed by atoms with van der Waals surface area (Å²) in [7, 11) is 0. The summed E-state index contributed by atoms with van der Waals surface area (Å²) in [5.41, 5.74) is 1.72. The van der Waals surface area contributed by atoms with E-state index in [2.05, 4.69) is 10.3 Å². The number of rotatable bonds is 4. The Kier molecular flexibility index (Phi) is 4.73. The molecule has 0 aliphatic carbocycles. The Bertz CT molecular complexity index is 765. The lowest BCUT2D eigenvalue weighted by atomic mass is 10.1. The topological polar surface area (TPSA) is 60.5 Å². The summed E-state index contributed by atoms with van der Waals surface area (Å²) >= 11 is 1.38. The number of carbonyl (C=O) groups is 1. The minimum absolute atomic E-state index is 0.203. The number of anilines is 1.